The lowest BCUT2D eigenvalue weighted by atomic mass is 10.2. The van der Waals surface area contributed by atoms with Crippen molar-refractivity contribution in [3.8, 4) is 5.75 Å². The molecule has 0 aromatic heterocycles. The molecule has 0 heterocycles. The lowest BCUT2D eigenvalue weighted by Crippen LogP contribution is -2.37. The molecule has 0 aliphatic rings. The fourth-order valence-electron chi connectivity index (χ4n) is 2.28. The highest BCUT2D eigenvalue weighted by atomic mass is 79.9. The molecule has 0 saturated carbocycles. The first-order valence-electron chi connectivity index (χ1n) is 8.60. The van der Waals surface area contributed by atoms with E-state index in [-0.39, 0.29) is 19.1 Å². The number of nitrogens with zero attached hydrogens (tertiary/aromatic N) is 2. The van der Waals surface area contributed by atoms with Crippen molar-refractivity contribution in [1.29, 1.82) is 0 Å². The summed E-state index contributed by atoms with van der Waals surface area (Å²) in [5.74, 6) is -0.173. The van der Waals surface area contributed by atoms with Crippen LogP contribution in [0.25, 0.3) is 0 Å². The predicted octanol–water partition coefficient (Wildman–Crippen LogP) is 2.47. The molecule has 0 spiro atoms. The first kappa shape index (κ1) is 21.4. The molecule has 2 amide bonds. The molecule has 2 aromatic rings. The van der Waals surface area contributed by atoms with Crippen molar-refractivity contribution >= 4 is 39.6 Å². The van der Waals surface area contributed by atoms with Crippen molar-refractivity contribution in [2.75, 3.05) is 32.1 Å². The number of carbonyl (C=O) groups is 2. The Morgan fingerprint density at radius 2 is 1.93 bits per heavy atom. The van der Waals surface area contributed by atoms with Crippen LogP contribution in [0.1, 0.15) is 11.1 Å². The molecule has 2 N–H and O–H groups in total. The van der Waals surface area contributed by atoms with E-state index in [2.05, 4.69) is 31.8 Å². The molecule has 2 aromatic carbocycles. The normalized spacial score (nSPS) is 10.6. The van der Waals surface area contributed by atoms with Gasteiger partial charge in [-0.2, -0.15) is 5.10 Å². The van der Waals surface area contributed by atoms with Gasteiger partial charge in [0.05, 0.1) is 18.4 Å². The summed E-state index contributed by atoms with van der Waals surface area (Å²) in [5, 5.41) is 6.39. The van der Waals surface area contributed by atoms with Crippen LogP contribution in [0.3, 0.4) is 0 Å². The third kappa shape index (κ3) is 6.70. The molecule has 0 aliphatic heterocycles. The van der Waals surface area contributed by atoms with Crippen molar-refractivity contribution in [3.05, 3.63) is 58.1 Å². The summed E-state index contributed by atoms with van der Waals surface area (Å²) in [6, 6.07) is 13.1. The molecular formula is C20H23BrN4O3. The topological polar surface area (TPSA) is 83.0 Å². The second-order valence-corrected chi connectivity index (χ2v) is 7.08. The van der Waals surface area contributed by atoms with Gasteiger partial charge < -0.3 is 15.0 Å². The number of benzene rings is 2. The van der Waals surface area contributed by atoms with Crippen molar-refractivity contribution in [2.24, 2.45) is 5.10 Å². The Morgan fingerprint density at radius 3 is 2.61 bits per heavy atom. The van der Waals surface area contributed by atoms with E-state index in [0.717, 1.165) is 21.3 Å². The van der Waals surface area contributed by atoms with Gasteiger partial charge in [0.25, 0.3) is 11.8 Å². The average molecular weight is 447 g/mol. The maximum absolute atomic E-state index is 11.8. The average Bonchev–Trinajstić information content (AvgIpc) is 2.65. The minimum Gasteiger partial charge on any atom is -0.484 e. The fourth-order valence-corrected chi connectivity index (χ4v) is 3.03. The Kier molecular flexibility index (Phi) is 8.01. The highest BCUT2D eigenvalue weighted by molar-refractivity contribution is 9.10. The maximum atomic E-state index is 11.8. The Bertz CT molecular complexity index is 868. The standard InChI is InChI=1S/C20H23BrN4O3/c1-14-6-4-5-7-18(14)28-13-20(27)22-12-19(26)24-23-11-15-8-9-17(25(2)3)16(21)10-15/h4-11H,12-13H2,1-3H3,(H,22,27)(H,24,26)/b23-11-. The van der Waals surface area contributed by atoms with Crippen LogP contribution in [-0.2, 0) is 9.59 Å². The predicted molar refractivity (Wildman–Crippen MR) is 114 cm³/mol. The van der Waals surface area contributed by atoms with Gasteiger partial charge in [0.15, 0.2) is 6.61 Å². The van der Waals surface area contributed by atoms with Crippen LogP contribution < -0.4 is 20.4 Å². The molecule has 0 unspecified atom stereocenters. The van der Waals surface area contributed by atoms with E-state index < -0.39 is 5.91 Å². The fraction of sp³-hybridized carbons (Fsp3) is 0.250. The number of amides is 2. The number of nitrogens with one attached hydrogen (secondary N) is 2. The Morgan fingerprint density at radius 1 is 1.18 bits per heavy atom. The van der Waals surface area contributed by atoms with Crippen molar-refractivity contribution < 1.29 is 14.3 Å². The number of aryl methyl sites for hydroxylation is 1. The molecule has 0 radical (unpaired) electrons. The SMILES string of the molecule is Cc1ccccc1OCC(=O)NCC(=O)N/N=C\c1ccc(N(C)C)c(Br)c1. The number of ether oxygens (including phenoxy) is 1. The quantitative estimate of drug-likeness (QED) is 0.481. The van der Waals surface area contributed by atoms with E-state index in [0.29, 0.717) is 5.75 Å². The molecular weight excluding hydrogens is 424 g/mol. The van der Waals surface area contributed by atoms with Gasteiger partial charge in [-0.05, 0) is 52.2 Å². The van der Waals surface area contributed by atoms with Gasteiger partial charge in [0.2, 0.25) is 0 Å². The van der Waals surface area contributed by atoms with Crippen molar-refractivity contribution in [2.45, 2.75) is 6.92 Å². The van der Waals surface area contributed by atoms with E-state index in [4.69, 9.17) is 4.74 Å². The monoisotopic (exact) mass is 446 g/mol. The van der Waals surface area contributed by atoms with Gasteiger partial charge in [0, 0.05) is 18.6 Å². The molecule has 8 heteroatoms. The highest BCUT2D eigenvalue weighted by Crippen LogP contribution is 2.25. The number of hydrazone groups is 1. The summed E-state index contributed by atoms with van der Waals surface area (Å²) in [6.07, 6.45) is 1.53. The van der Waals surface area contributed by atoms with Crippen LogP contribution in [0.2, 0.25) is 0 Å². The molecule has 0 bridgehead atoms. The highest BCUT2D eigenvalue weighted by Gasteiger charge is 2.07. The number of carbonyl (C=O) groups excluding carboxylic acids is 2. The number of halogens is 1. The number of rotatable bonds is 8. The zero-order valence-corrected chi connectivity index (χ0v) is 17.6. The third-order valence-corrected chi connectivity index (χ3v) is 4.39. The zero-order valence-electron chi connectivity index (χ0n) is 16.0. The minimum absolute atomic E-state index is 0.159. The second kappa shape index (κ2) is 10.5. The van der Waals surface area contributed by atoms with E-state index >= 15 is 0 Å². The van der Waals surface area contributed by atoms with Gasteiger partial charge in [-0.25, -0.2) is 5.43 Å². The minimum atomic E-state index is -0.426. The molecule has 2 rings (SSSR count). The molecule has 0 atom stereocenters. The molecule has 148 valence electrons. The van der Waals surface area contributed by atoms with Crippen LogP contribution in [0.5, 0.6) is 5.75 Å². The van der Waals surface area contributed by atoms with Crippen LogP contribution in [0.4, 0.5) is 5.69 Å². The number of anilines is 1. The molecule has 0 fully saturated rings. The third-order valence-electron chi connectivity index (χ3n) is 3.75. The summed E-state index contributed by atoms with van der Waals surface area (Å²) >= 11 is 3.50. The summed E-state index contributed by atoms with van der Waals surface area (Å²) in [6.45, 7) is 1.55. The van der Waals surface area contributed by atoms with Gasteiger partial charge in [-0.1, -0.05) is 24.3 Å². The lowest BCUT2D eigenvalue weighted by molar-refractivity contribution is -0.127. The van der Waals surface area contributed by atoms with Crippen molar-refractivity contribution in [1.82, 2.24) is 10.7 Å². The zero-order chi connectivity index (χ0) is 20.5. The number of hydrogen-bond donors (Lipinski definition) is 2. The van der Waals surface area contributed by atoms with E-state index in [1.165, 1.54) is 6.21 Å². The van der Waals surface area contributed by atoms with E-state index in [1.807, 2.05) is 62.3 Å². The summed E-state index contributed by atoms with van der Waals surface area (Å²) in [5.41, 5.74) is 5.18. The summed E-state index contributed by atoms with van der Waals surface area (Å²) in [4.78, 5) is 25.6. The molecule has 28 heavy (non-hydrogen) atoms. The van der Waals surface area contributed by atoms with Crippen molar-refractivity contribution in [3.63, 3.8) is 0 Å². The molecule has 0 aliphatic carbocycles. The maximum Gasteiger partial charge on any atom is 0.259 e. The summed E-state index contributed by atoms with van der Waals surface area (Å²) in [7, 11) is 3.91. The van der Waals surface area contributed by atoms with E-state index in [1.54, 1.807) is 6.07 Å². The van der Waals surface area contributed by atoms with Crippen LogP contribution in [-0.4, -0.2) is 45.3 Å². The number of para-hydroxylation sites is 1. The first-order chi connectivity index (χ1) is 13.4. The van der Waals surface area contributed by atoms with Gasteiger partial charge >= 0.3 is 0 Å². The van der Waals surface area contributed by atoms with Crippen LogP contribution >= 0.6 is 15.9 Å². The Balaban J connectivity index is 1.73. The lowest BCUT2D eigenvalue weighted by Gasteiger charge is -2.14. The molecule has 7 nitrogen and oxygen atoms in total. The second-order valence-electron chi connectivity index (χ2n) is 6.23. The van der Waals surface area contributed by atoms with Gasteiger partial charge in [0.1, 0.15) is 5.75 Å². The Labute approximate surface area is 172 Å². The number of hydrogen-bond acceptors (Lipinski definition) is 5. The van der Waals surface area contributed by atoms with Crippen LogP contribution in [0, 0.1) is 6.92 Å². The first-order valence-corrected chi connectivity index (χ1v) is 9.40. The van der Waals surface area contributed by atoms with Gasteiger partial charge in [-0.15, -0.1) is 0 Å². The largest absolute Gasteiger partial charge is 0.484 e. The smallest absolute Gasteiger partial charge is 0.259 e. The summed E-state index contributed by atoms with van der Waals surface area (Å²) < 4.78 is 6.35. The van der Waals surface area contributed by atoms with Crippen LogP contribution in [0.15, 0.2) is 52.0 Å². The van der Waals surface area contributed by atoms with Gasteiger partial charge in [-0.3, -0.25) is 9.59 Å². The molecule has 0 saturated heterocycles. The van der Waals surface area contributed by atoms with E-state index in [9.17, 15) is 9.59 Å². The Hall–Kier alpha value is -2.87.